The fourth-order valence-electron chi connectivity index (χ4n) is 6.32. The fraction of sp³-hybridized carbons (Fsp3) is 0.710. The summed E-state index contributed by atoms with van der Waals surface area (Å²) >= 11 is 4.98. The normalized spacial score (nSPS) is 23.7. The molecule has 6 N–H and O–H groups in total. The number of rotatable bonds is 11. The van der Waals surface area contributed by atoms with E-state index >= 15 is 0 Å². The number of likely N-dealkylation sites (tertiary alicyclic amines) is 1. The minimum absolute atomic E-state index is 0.0528. The van der Waals surface area contributed by atoms with E-state index in [2.05, 4.69) is 20.9 Å². The molecule has 2 aliphatic rings. The lowest BCUT2D eigenvalue weighted by atomic mass is 9.72. The predicted molar refractivity (Wildman–Crippen MR) is 174 cm³/mol. The summed E-state index contributed by atoms with van der Waals surface area (Å²) in [5, 5.41) is 20.3. The fourth-order valence-corrected chi connectivity index (χ4v) is 7.04. The number of hydrogen-bond acceptors (Lipinski definition) is 7. The molecule has 0 aromatic heterocycles. The lowest BCUT2D eigenvalue weighted by Gasteiger charge is -2.47. The largest absolute Gasteiger partial charge is 0.390 e. The molecule has 6 atom stereocenters. The maximum Gasteiger partial charge on any atom is 0.244 e. The lowest BCUT2D eigenvalue weighted by Crippen LogP contribution is -2.64. The molecule has 0 bridgehead atoms. The summed E-state index contributed by atoms with van der Waals surface area (Å²) in [6.07, 6.45) is 5.58. The minimum atomic E-state index is -3.73. The van der Waals surface area contributed by atoms with Crippen molar-refractivity contribution in [1.82, 2.24) is 20.9 Å². The van der Waals surface area contributed by atoms with Crippen molar-refractivity contribution in [2.45, 2.75) is 108 Å². The van der Waals surface area contributed by atoms with Gasteiger partial charge in [-0.1, -0.05) is 49.6 Å². The SMILES string of the molecule is CC(C)(C)NC(=O)[C@@H]1C[C@@H]2CCCC[C@@H]2CN1C[C@@H](O)[C@H](Cc1ccccc1)NC(=O)[C@@H](NC(N)=S)C(C)(C)S(C)(=O)=O. The molecule has 1 aromatic rings. The average molecular weight is 638 g/mol. The molecule has 1 aromatic carbocycles. The molecule has 2 amide bonds. The molecule has 242 valence electrons. The van der Waals surface area contributed by atoms with E-state index in [9.17, 15) is 23.1 Å². The van der Waals surface area contributed by atoms with Gasteiger partial charge >= 0.3 is 0 Å². The number of carbonyl (C=O) groups is 2. The van der Waals surface area contributed by atoms with Gasteiger partial charge in [-0.3, -0.25) is 14.5 Å². The summed E-state index contributed by atoms with van der Waals surface area (Å²) in [6, 6.07) is 6.99. The number of thiocarbonyl (C=S) groups is 1. The van der Waals surface area contributed by atoms with Gasteiger partial charge < -0.3 is 26.8 Å². The molecule has 1 saturated carbocycles. The van der Waals surface area contributed by atoms with Gasteiger partial charge in [0.2, 0.25) is 11.8 Å². The first-order chi connectivity index (χ1) is 19.9. The second-order valence-electron chi connectivity index (χ2n) is 13.9. The van der Waals surface area contributed by atoms with Gasteiger partial charge in [0.25, 0.3) is 0 Å². The zero-order valence-electron chi connectivity index (χ0n) is 26.4. The first kappa shape index (κ1) is 35.2. The van der Waals surface area contributed by atoms with Gasteiger partial charge in [-0.25, -0.2) is 8.42 Å². The van der Waals surface area contributed by atoms with Crippen LogP contribution in [-0.4, -0.2) is 89.2 Å². The summed E-state index contributed by atoms with van der Waals surface area (Å²) in [7, 11) is -3.73. The monoisotopic (exact) mass is 637 g/mol. The maximum atomic E-state index is 13.7. The Kier molecular flexibility index (Phi) is 11.6. The number of nitrogens with two attached hydrogens (primary N) is 1. The Balaban J connectivity index is 1.90. The number of aliphatic hydroxyl groups is 1. The Bertz CT molecular complexity index is 1230. The Hall–Kier alpha value is -2.28. The highest BCUT2D eigenvalue weighted by molar-refractivity contribution is 7.92. The van der Waals surface area contributed by atoms with Crippen LogP contribution in [0.4, 0.5) is 0 Å². The number of hydrogen-bond donors (Lipinski definition) is 5. The van der Waals surface area contributed by atoms with Gasteiger partial charge in [-0.2, -0.15) is 0 Å². The molecule has 1 aliphatic carbocycles. The van der Waals surface area contributed by atoms with Crippen molar-refractivity contribution in [3.05, 3.63) is 35.9 Å². The quantitative estimate of drug-likeness (QED) is 0.229. The zero-order valence-corrected chi connectivity index (χ0v) is 28.1. The van der Waals surface area contributed by atoms with E-state index in [1.165, 1.54) is 20.3 Å². The number of aliphatic hydroxyl groups excluding tert-OH is 1. The molecule has 0 radical (unpaired) electrons. The van der Waals surface area contributed by atoms with Gasteiger partial charge in [0.15, 0.2) is 14.9 Å². The summed E-state index contributed by atoms with van der Waals surface area (Å²) in [5.74, 6) is 0.235. The summed E-state index contributed by atoms with van der Waals surface area (Å²) in [4.78, 5) is 29.3. The Morgan fingerprint density at radius 3 is 2.23 bits per heavy atom. The predicted octanol–water partition coefficient (Wildman–Crippen LogP) is 1.90. The number of fused-ring (bicyclic) bond motifs is 1. The summed E-state index contributed by atoms with van der Waals surface area (Å²) < 4.78 is 23.8. The molecule has 0 unspecified atom stereocenters. The van der Waals surface area contributed by atoms with Crippen molar-refractivity contribution >= 4 is 39.0 Å². The van der Waals surface area contributed by atoms with Gasteiger partial charge in [0, 0.05) is 24.9 Å². The van der Waals surface area contributed by atoms with Crippen LogP contribution in [0.3, 0.4) is 0 Å². The van der Waals surface area contributed by atoms with E-state index in [-0.39, 0.29) is 17.6 Å². The van der Waals surface area contributed by atoms with Gasteiger partial charge in [-0.15, -0.1) is 0 Å². The number of sulfone groups is 1. The number of piperidine rings is 1. The highest BCUT2D eigenvalue weighted by Crippen LogP contribution is 2.39. The number of nitrogens with zero attached hydrogens (tertiary/aromatic N) is 1. The second-order valence-corrected chi connectivity index (χ2v) is 17.0. The van der Waals surface area contributed by atoms with Crippen LogP contribution < -0.4 is 21.7 Å². The van der Waals surface area contributed by atoms with Crippen molar-refractivity contribution in [2.24, 2.45) is 17.6 Å². The molecular formula is C31H51N5O5S2. The third-order valence-corrected chi connectivity index (χ3v) is 11.3. The van der Waals surface area contributed by atoms with Crippen LogP contribution >= 0.6 is 12.2 Å². The Morgan fingerprint density at radius 1 is 1.07 bits per heavy atom. The zero-order chi connectivity index (χ0) is 32.2. The number of carbonyl (C=O) groups excluding carboxylic acids is 2. The van der Waals surface area contributed by atoms with E-state index in [1.54, 1.807) is 0 Å². The van der Waals surface area contributed by atoms with Crippen LogP contribution in [0.15, 0.2) is 30.3 Å². The highest BCUT2D eigenvalue weighted by Gasteiger charge is 2.45. The second kappa shape index (κ2) is 14.2. The molecule has 1 heterocycles. The average Bonchev–Trinajstić information content (AvgIpc) is 2.89. The van der Waals surface area contributed by atoms with Crippen LogP contribution in [0.1, 0.15) is 72.3 Å². The first-order valence-corrected chi connectivity index (χ1v) is 17.5. The van der Waals surface area contributed by atoms with Gasteiger partial charge in [-0.05, 0) is 83.5 Å². The van der Waals surface area contributed by atoms with Crippen molar-refractivity contribution in [3.63, 3.8) is 0 Å². The van der Waals surface area contributed by atoms with Gasteiger partial charge in [0.1, 0.15) is 6.04 Å². The molecule has 1 aliphatic heterocycles. The van der Waals surface area contributed by atoms with Crippen LogP contribution in [0, 0.1) is 11.8 Å². The van der Waals surface area contributed by atoms with Crippen LogP contribution in [0.2, 0.25) is 0 Å². The molecule has 1 saturated heterocycles. The topological polar surface area (TPSA) is 154 Å². The molecule has 2 fully saturated rings. The number of amides is 2. The van der Waals surface area contributed by atoms with Crippen molar-refractivity contribution < 1.29 is 23.1 Å². The van der Waals surface area contributed by atoms with Gasteiger partial charge in [0.05, 0.1) is 22.9 Å². The third-order valence-electron chi connectivity index (χ3n) is 9.01. The molecule has 12 heteroatoms. The molecule has 0 spiro atoms. The number of β-amino-alcohol motifs (C(OH)–C–C–N with tert-alkyl or cyclic N) is 1. The van der Waals surface area contributed by atoms with E-state index in [0.29, 0.717) is 24.8 Å². The van der Waals surface area contributed by atoms with Crippen LogP contribution in [0.5, 0.6) is 0 Å². The van der Waals surface area contributed by atoms with Crippen LogP contribution in [-0.2, 0) is 25.8 Å². The molecule has 3 rings (SSSR count). The summed E-state index contributed by atoms with van der Waals surface area (Å²) in [5.41, 5.74) is 6.20. The molecule has 10 nitrogen and oxygen atoms in total. The van der Waals surface area contributed by atoms with E-state index in [1.807, 2.05) is 51.1 Å². The highest BCUT2D eigenvalue weighted by atomic mass is 32.2. The first-order valence-electron chi connectivity index (χ1n) is 15.2. The van der Waals surface area contributed by atoms with Crippen molar-refractivity contribution in [2.75, 3.05) is 19.3 Å². The molecule has 43 heavy (non-hydrogen) atoms. The van der Waals surface area contributed by atoms with Crippen molar-refractivity contribution in [3.8, 4) is 0 Å². The van der Waals surface area contributed by atoms with Crippen LogP contribution in [0.25, 0.3) is 0 Å². The van der Waals surface area contributed by atoms with Crippen molar-refractivity contribution in [1.29, 1.82) is 0 Å². The van der Waals surface area contributed by atoms with E-state index in [0.717, 1.165) is 37.5 Å². The Morgan fingerprint density at radius 2 is 1.67 bits per heavy atom. The number of benzene rings is 1. The van der Waals surface area contributed by atoms with E-state index in [4.69, 9.17) is 18.0 Å². The Labute approximate surface area is 262 Å². The molecular weight excluding hydrogens is 587 g/mol. The maximum absolute atomic E-state index is 13.7. The third kappa shape index (κ3) is 9.60. The summed E-state index contributed by atoms with van der Waals surface area (Å²) in [6.45, 7) is 9.61. The number of nitrogens with one attached hydrogen (secondary N) is 3. The standard InChI is InChI=1S/C31H51N5O5S2/c1-30(2,3)35-27(38)24-17-21-14-10-11-15-22(21)18-36(24)19-25(37)23(16-20-12-8-7-9-13-20)33-28(39)26(34-29(32)42)31(4,5)43(6,40)41/h7-9,12-13,21-26,37H,10-11,14-19H2,1-6H3,(H,33,39)(H,35,38)(H3,32,34,42)/t21-,22+,23-,24-,25+,26+/m0/s1. The minimum Gasteiger partial charge on any atom is -0.390 e. The lowest BCUT2D eigenvalue weighted by molar-refractivity contribution is -0.133. The van der Waals surface area contributed by atoms with E-state index < -0.39 is 50.3 Å². The smallest absolute Gasteiger partial charge is 0.244 e.